The molecule has 70 valence electrons. The third-order valence-corrected chi connectivity index (χ3v) is 2.12. The summed E-state index contributed by atoms with van der Waals surface area (Å²) in [5, 5.41) is 0. The van der Waals surface area contributed by atoms with Crippen LogP contribution in [0.2, 0.25) is 0 Å². The maximum absolute atomic E-state index is 9.86. The molecule has 0 radical (unpaired) electrons. The minimum Gasteiger partial charge on any atom is -0.870 e. The second-order valence-corrected chi connectivity index (χ2v) is 4.16. The molecule has 0 aromatic rings. The molecule has 0 aliphatic carbocycles. The summed E-state index contributed by atoms with van der Waals surface area (Å²) in [6.45, 7) is 0. The van der Waals surface area contributed by atoms with Crippen molar-refractivity contribution in [3.8, 4) is 0 Å². The van der Waals surface area contributed by atoms with Crippen molar-refractivity contribution in [1.82, 2.24) is 0 Å². The van der Waals surface area contributed by atoms with Crippen molar-refractivity contribution < 1.29 is 86.3 Å². The zero-order valence-electron chi connectivity index (χ0n) is 7.43. The molecular formula is C3H7Na2O6S2-. The van der Waals surface area contributed by atoms with Crippen molar-refractivity contribution in [3.05, 3.63) is 0 Å². The summed E-state index contributed by atoms with van der Waals surface area (Å²) in [6.07, 6.45) is -0.123. The van der Waals surface area contributed by atoms with E-state index in [0.29, 0.717) is 0 Å². The van der Waals surface area contributed by atoms with Crippen LogP contribution in [-0.2, 0) is 21.2 Å². The van der Waals surface area contributed by atoms with Gasteiger partial charge in [0.05, 0.1) is 10.1 Å². The molecule has 1 unspecified atom stereocenters. The molecule has 0 aromatic heterocycles. The van der Waals surface area contributed by atoms with Crippen LogP contribution in [0.3, 0.4) is 0 Å². The van der Waals surface area contributed by atoms with Gasteiger partial charge in [0.1, 0.15) is 0 Å². The van der Waals surface area contributed by atoms with Crippen molar-refractivity contribution in [2.45, 2.75) is 6.42 Å². The van der Waals surface area contributed by atoms with E-state index in [4.69, 9.17) is 0 Å². The Labute approximate surface area is 124 Å². The first-order valence-corrected chi connectivity index (χ1v) is 5.23. The number of hydrogen-bond acceptors (Lipinski definition) is 6. The van der Waals surface area contributed by atoms with Gasteiger partial charge < -0.3 is 14.6 Å². The predicted molar refractivity (Wildman–Crippen MR) is 34.9 cm³/mol. The molecule has 1 N–H and O–H groups in total. The van der Waals surface area contributed by atoms with Crippen LogP contribution in [0.25, 0.3) is 0 Å². The van der Waals surface area contributed by atoms with Crippen LogP contribution < -0.4 is 59.1 Å². The summed E-state index contributed by atoms with van der Waals surface area (Å²) in [6, 6.07) is 0. The van der Waals surface area contributed by atoms with E-state index < -0.39 is 27.0 Å². The summed E-state index contributed by atoms with van der Waals surface area (Å²) >= 11 is -2.25. The molecule has 0 rings (SSSR count). The minimum absolute atomic E-state index is 0. The zero-order chi connectivity index (χ0) is 8.20. The molecular weight excluding hydrogens is 242 g/mol. The summed E-state index contributed by atoms with van der Waals surface area (Å²) < 4.78 is 49.1. The quantitative estimate of drug-likeness (QED) is 0.276. The minimum atomic E-state index is -4.24. The SMILES string of the molecule is O=S([O-])CCCS(=O)(=O)[O-].[Na+].[Na+].[OH-]. The summed E-state index contributed by atoms with van der Waals surface area (Å²) in [5.74, 6) is -0.886. The Bertz CT molecular complexity index is 214. The van der Waals surface area contributed by atoms with Crippen molar-refractivity contribution >= 4 is 21.2 Å². The van der Waals surface area contributed by atoms with Crippen molar-refractivity contribution in [2.24, 2.45) is 0 Å². The predicted octanol–water partition coefficient (Wildman–Crippen LogP) is -7.37. The Kier molecular flexibility index (Phi) is 22.5. The second-order valence-electron chi connectivity index (χ2n) is 1.62. The Hall–Kier alpha value is 1.98. The summed E-state index contributed by atoms with van der Waals surface area (Å²) in [4.78, 5) is 0. The van der Waals surface area contributed by atoms with Crippen LogP contribution in [0.4, 0.5) is 0 Å². The van der Waals surface area contributed by atoms with Gasteiger partial charge in [-0.25, -0.2) is 8.42 Å². The van der Waals surface area contributed by atoms with Gasteiger partial charge in [0, 0.05) is 11.5 Å². The fourth-order valence-corrected chi connectivity index (χ4v) is 1.41. The van der Waals surface area contributed by atoms with E-state index in [1.807, 2.05) is 0 Å². The number of rotatable bonds is 4. The normalized spacial score (nSPS) is 11.5. The molecule has 0 saturated carbocycles. The van der Waals surface area contributed by atoms with E-state index in [0.717, 1.165) is 0 Å². The standard InChI is InChI=1S/C3H8O5S2.2Na.H2O/c4-9(5)2-1-3-10(6,7)8;;;/h1-3H2,(H,4,5)(H,6,7,8);;;1H2/q;2*+1;/p-3. The molecule has 6 nitrogen and oxygen atoms in total. The van der Waals surface area contributed by atoms with E-state index in [2.05, 4.69) is 0 Å². The molecule has 0 heterocycles. The van der Waals surface area contributed by atoms with Crippen LogP contribution >= 0.6 is 0 Å². The van der Waals surface area contributed by atoms with E-state index >= 15 is 0 Å². The topological polar surface area (TPSA) is 127 Å². The van der Waals surface area contributed by atoms with E-state index in [-0.39, 0.29) is 76.8 Å². The molecule has 0 bridgehead atoms. The van der Waals surface area contributed by atoms with Crippen LogP contribution in [0.5, 0.6) is 0 Å². The smallest absolute Gasteiger partial charge is 0.870 e. The van der Waals surface area contributed by atoms with Gasteiger partial charge in [-0.05, 0) is 6.42 Å². The van der Waals surface area contributed by atoms with E-state index in [1.54, 1.807) is 0 Å². The molecule has 0 saturated heterocycles. The second kappa shape index (κ2) is 12.1. The van der Waals surface area contributed by atoms with E-state index in [1.165, 1.54) is 0 Å². The molecule has 0 fully saturated rings. The van der Waals surface area contributed by atoms with Crippen LogP contribution in [0.1, 0.15) is 6.42 Å². The molecule has 0 aliphatic rings. The monoisotopic (exact) mass is 249 g/mol. The van der Waals surface area contributed by atoms with Gasteiger partial charge in [0.25, 0.3) is 0 Å². The third-order valence-electron chi connectivity index (χ3n) is 0.705. The first-order chi connectivity index (χ1) is 4.42. The Morgan fingerprint density at radius 3 is 1.85 bits per heavy atom. The Morgan fingerprint density at radius 1 is 1.23 bits per heavy atom. The first-order valence-electron chi connectivity index (χ1n) is 2.41. The average Bonchev–Trinajstić information content (AvgIpc) is 1.59. The maximum Gasteiger partial charge on any atom is 1.00 e. The molecule has 13 heavy (non-hydrogen) atoms. The first kappa shape index (κ1) is 24.3. The van der Waals surface area contributed by atoms with Gasteiger partial charge >= 0.3 is 59.1 Å². The van der Waals surface area contributed by atoms with Crippen molar-refractivity contribution in [2.75, 3.05) is 11.5 Å². The van der Waals surface area contributed by atoms with Gasteiger partial charge in [-0.3, -0.25) is 4.21 Å². The van der Waals surface area contributed by atoms with Crippen LogP contribution in [0, 0.1) is 0 Å². The van der Waals surface area contributed by atoms with Crippen molar-refractivity contribution in [1.29, 1.82) is 0 Å². The molecule has 0 amide bonds. The fraction of sp³-hybridized carbons (Fsp3) is 1.00. The third kappa shape index (κ3) is 24.9. The molecule has 1 atom stereocenters. The van der Waals surface area contributed by atoms with Gasteiger partial charge in [-0.2, -0.15) is 0 Å². The molecule has 0 aliphatic heterocycles. The van der Waals surface area contributed by atoms with E-state index in [9.17, 15) is 21.7 Å². The summed E-state index contributed by atoms with van der Waals surface area (Å²) in [7, 11) is -4.24. The largest absolute Gasteiger partial charge is 1.00 e. The maximum atomic E-state index is 9.86. The average molecular weight is 249 g/mol. The Morgan fingerprint density at radius 2 is 1.62 bits per heavy atom. The molecule has 0 spiro atoms. The van der Waals surface area contributed by atoms with Gasteiger partial charge in [-0.15, -0.1) is 0 Å². The summed E-state index contributed by atoms with van der Waals surface area (Å²) in [5.41, 5.74) is 0. The van der Waals surface area contributed by atoms with Gasteiger partial charge in [-0.1, -0.05) is 11.1 Å². The van der Waals surface area contributed by atoms with Crippen LogP contribution in [-0.4, -0.2) is 38.7 Å². The molecule has 0 aromatic carbocycles. The van der Waals surface area contributed by atoms with Crippen LogP contribution in [0.15, 0.2) is 0 Å². The number of hydrogen-bond donors (Lipinski definition) is 0. The fourth-order valence-electron chi connectivity index (χ4n) is 0.354. The van der Waals surface area contributed by atoms with Gasteiger partial charge in [0.2, 0.25) is 0 Å². The molecule has 10 heteroatoms. The zero-order valence-corrected chi connectivity index (χ0v) is 13.1. The van der Waals surface area contributed by atoms with Gasteiger partial charge in [0.15, 0.2) is 0 Å². The van der Waals surface area contributed by atoms with Crippen molar-refractivity contribution in [3.63, 3.8) is 0 Å². The Balaban J connectivity index is -0.000000135.